The maximum absolute atomic E-state index is 12.4. The predicted molar refractivity (Wildman–Crippen MR) is 36.7 cm³/mol. The highest BCUT2D eigenvalue weighted by atomic mass is 19.1. The zero-order chi connectivity index (χ0) is 6.69. The molecule has 1 rings (SSSR count). The highest BCUT2D eigenvalue weighted by Crippen LogP contribution is 2.19. The van der Waals surface area contributed by atoms with Gasteiger partial charge in [-0.15, -0.1) is 0 Å². The molecule has 50 valence electrons. The summed E-state index contributed by atoms with van der Waals surface area (Å²) < 4.78 is 12.4. The first-order valence-electron chi connectivity index (χ1n) is 3.36. The van der Waals surface area contributed by atoms with E-state index in [1.165, 1.54) is 6.08 Å². The summed E-state index contributed by atoms with van der Waals surface area (Å²) in [6, 6.07) is 0. The third-order valence-corrected chi connectivity index (χ3v) is 1.64. The molecule has 0 aromatic heterocycles. The Morgan fingerprint density at radius 1 is 1.78 bits per heavy atom. The topological polar surface area (TPSA) is 0 Å². The second kappa shape index (κ2) is 2.81. The minimum atomic E-state index is -0.0758. The summed E-state index contributed by atoms with van der Waals surface area (Å²) in [7, 11) is 0. The van der Waals surface area contributed by atoms with Crippen LogP contribution in [0.2, 0.25) is 0 Å². The number of hydrogen-bond acceptors (Lipinski definition) is 0. The van der Waals surface area contributed by atoms with Crippen LogP contribution in [0.25, 0.3) is 0 Å². The van der Waals surface area contributed by atoms with Crippen LogP contribution in [0.1, 0.15) is 19.8 Å². The average molecular weight is 126 g/mol. The van der Waals surface area contributed by atoms with E-state index in [0.717, 1.165) is 12.8 Å². The van der Waals surface area contributed by atoms with Gasteiger partial charge in [-0.1, -0.05) is 13.0 Å². The molecule has 9 heavy (non-hydrogen) atoms. The molecule has 1 heteroatoms. The van der Waals surface area contributed by atoms with Gasteiger partial charge in [-0.25, -0.2) is 4.39 Å². The lowest BCUT2D eigenvalue weighted by molar-refractivity contribution is 0.577. The summed E-state index contributed by atoms with van der Waals surface area (Å²) in [5.41, 5.74) is 0. The lowest BCUT2D eigenvalue weighted by Crippen LogP contribution is -1.95. The minimum Gasteiger partial charge on any atom is -0.207 e. The van der Waals surface area contributed by atoms with Crippen LogP contribution in [0.3, 0.4) is 0 Å². The molecule has 0 fully saturated rings. The molecule has 1 unspecified atom stereocenters. The number of halogens is 1. The van der Waals surface area contributed by atoms with Gasteiger partial charge in [0.25, 0.3) is 0 Å². The van der Waals surface area contributed by atoms with Gasteiger partial charge in [0.05, 0.1) is 0 Å². The molecule has 1 aliphatic carbocycles. The predicted octanol–water partition coefficient (Wildman–Crippen LogP) is 2.83. The molecule has 1 aliphatic rings. The van der Waals surface area contributed by atoms with Crippen molar-refractivity contribution in [3.8, 4) is 0 Å². The van der Waals surface area contributed by atoms with E-state index in [9.17, 15) is 4.39 Å². The Morgan fingerprint density at radius 3 is 3.00 bits per heavy atom. The molecule has 0 saturated carbocycles. The van der Waals surface area contributed by atoms with Crippen molar-refractivity contribution in [3.05, 3.63) is 24.1 Å². The highest BCUT2D eigenvalue weighted by Gasteiger charge is 2.05. The van der Waals surface area contributed by atoms with E-state index in [1.54, 1.807) is 6.08 Å². The summed E-state index contributed by atoms with van der Waals surface area (Å²) in [6.45, 7) is 2.08. The van der Waals surface area contributed by atoms with Crippen LogP contribution in [0.5, 0.6) is 0 Å². The Balaban J connectivity index is 2.55. The summed E-state index contributed by atoms with van der Waals surface area (Å²) in [5, 5.41) is 0. The largest absolute Gasteiger partial charge is 0.207 e. The van der Waals surface area contributed by atoms with Gasteiger partial charge in [0.1, 0.15) is 5.83 Å². The van der Waals surface area contributed by atoms with Crippen LogP contribution >= 0.6 is 0 Å². The molecule has 1 atom stereocenters. The Kier molecular flexibility index (Phi) is 2.04. The van der Waals surface area contributed by atoms with Crippen LogP contribution in [-0.2, 0) is 0 Å². The van der Waals surface area contributed by atoms with Gasteiger partial charge >= 0.3 is 0 Å². The molecule has 0 radical (unpaired) electrons. The number of allylic oxidation sites excluding steroid dienone is 4. The maximum atomic E-state index is 12.4. The number of hydrogen-bond donors (Lipinski definition) is 0. The molecular weight excluding hydrogens is 115 g/mol. The third kappa shape index (κ3) is 1.67. The van der Waals surface area contributed by atoms with Gasteiger partial charge in [0.15, 0.2) is 0 Å². The molecule has 0 aromatic rings. The molecule has 0 aromatic carbocycles. The Bertz CT molecular complexity index is 145. The van der Waals surface area contributed by atoms with Crippen LogP contribution in [0.15, 0.2) is 24.1 Å². The second-order valence-corrected chi connectivity index (χ2v) is 2.36. The zero-order valence-electron chi connectivity index (χ0n) is 5.60. The Hall–Kier alpha value is -0.590. The molecule has 0 heterocycles. The molecule has 0 spiro atoms. The average Bonchev–Trinajstić information content (AvgIpc) is 1.88. The Labute approximate surface area is 55.1 Å². The lowest BCUT2D eigenvalue weighted by atomic mass is 9.98. The molecule has 0 bridgehead atoms. The van der Waals surface area contributed by atoms with Crippen LogP contribution < -0.4 is 0 Å². The first-order valence-corrected chi connectivity index (χ1v) is 3.36. The van der Waals surface area contributed by atoms with Gasteiger partial charge < -0.3 is 0 Å². The van der Waals surface area contributed by atoms with E-state index in [4.69, 9.17) is 0 Å². The van der Waals surface area contributed by atoms with Crippen molar-refractivity contribution in [2.45, 2.75) is 19.8 Å². The first-order chi connectivity index (χ1) is 4.33. The van der Waals surface area contributed by atoms with Crippen molar-refractivity contribution in [2.75, 3.05) is 0 Å². The van der Waals surface area contributed by atoms with Crippen LogP contribution in [-0.4, -0.2) is 0 Å². The Morgan fingerprint density at radius 2 is 2.56 bits per heavy atom. The normalized spacial score (nSPS) is 26.0. The lowest BCUT2D eigenvalue weighted by Gasteiger charge is -2.09. The number of rotatable bonds is 1. The fourth-order valence-corrected chi connectivity index (χ4v) is 0.989. The molecule has 0 N–H and O–H groups in total. The smallest absolute Gasteiger partial charge is 0.119 e. The zero-order valence-corrected chi connectivity index (χ0v) is 5.60. The quantitative estimate of drug-likeness (QED) is 0.506. The van der Waals surface area contributed by atoms with Gasteiger partial charge in [0, 0.05) is 0 Å². The van der Waals surface area contributed by atoms with E-state index in [-0.39, 0.29) is 5.83 Å². The molecule has 0 aliphatic heterocycles. The van der Waals surface area contributed by atoms with Crippen molar-refractivity contribution in [1.29, 1.82) is 0 Å². The van der Waals surface area contributed by atoms with Gasteiger partial charge in [-0.2, -0.15) is 0 Å². The van der Waals surface area contributed by atoms with E-state index >= 15 is 0 Å². The SMILES string of the molecule is CCC1C=C(F)C=CC1. The van der Waals surface area contributed by atoms with Crippen molar-refractivity contribution < 1.29 is 4.39 Å². The molecule has 0 amide bonds. The molecule has 0 saturated heterocycles. The summed E-state index contributed by atoms with van der Waals surface area (Å²) in [4.78, 5) is 0. The monoisotopic (exact) mass is 126 g/mol. The van der Waals surface area contributed by atoms with Crippen molar-refractivity contribution in [1.82, 2.24) is 0 Å². The van der Waals surface area contributed by atoms with Gasteiger partial charge in [-0.3, -0.25) is 0 Å². The van der Waals surface area contributed by atoms with Crippen LogP contribution in [0.4, 0.5) is 4.39 Å². The maximum Gasteiger partial charge on any atom is 0.119 e. The second-order valence-electron chi connectivity index (χ2n) is 2.36. The summed E-state index contributed by atoms with van der Waals surface area (Å²) >= 11 is 0. The van der Waals surface area contributed by atoms with E-state index in [1.807, 2.05) is 6.08 Å². The fraction of sp³-hybridized carbons (Fsp3) is 0.500. The van der Waals surface area contributed by atoms with Crippen molar-refractivity contribution >= 4 is 0 Å². The van der Waals surface area contributed by atoms with Gasteiger partial charge in [0.2, 0.25) is 0 Å². The molecular formula is C8H11F. The molecule has 0 nitrogen and oxygen atoms in total. The first kappa shape index (κ1) is 6.53. The standard InChI is InChI=1S/C8H11F/c1-2-7-4-3-5-8(9)6-7/h3,5-7H,2,4H2,1H3. The van der Waals surface area contributed by atoms with E-state index in [0.29, 0.717) is 5.92 Å². The van der Waals surface area contributed by atoms with E-state index in [2.05, 4.69) is 6.92 Å². The van der Waals surface area contributed by atoms with Gasteiger partial charge in [-0.05, 0) is 30.9 Å². The summed E-state index contributed by atoms with van der Waals surface area (Å²) in [5.74, 6) is 0.364. The van der Waals surface area contributed by atoms with Crippen LogP contribution in [0, 0.1) is 5.92 Å². The van der Waals surface area contributed by atoms with Crippen molar-refractivity contribution in [2.24, 2.45) is 5.92 Å². The minimum absolute atomic E-state index is 0.0758. The van der Waals surface area contributed by atoms with Crippen molar-refractivity contribution in [3.63, 3.8) is 0 Å². The highest BCUT2D eigenvalue weighted by molar-refractivity contribution is 5.17. The fourth-order valence-electron chi connectivity index (χ4n) is 0.989. The van der Waals surface area contributed by atoms with E-state index < -0.39 is 0 Å². The summed E-state index contributed by atoms with van der Waals surface area (Å²) in [6.07, 6.45) is 7.16. The third-order valence-electron chi connectivity index (χ3n) is 1.64.